The molecule has 3 N–H and O–H groups in total. The number of nitrogens with zero attached hydrogens (tertiary/aromatic N) is 3. The highest BCUT2D eigenvalue weighted by Gasteiger charge is 2.15. The number of urea groups is 1. The summed E-state index contributed by atoms with van der Waals surface area (Å²) in [5, 5.41) is 17.8. The molecule has 0 aliphatic heterocycles. The Bertz CT molecular complexity index is 1650. The van der Waals surface area contributed by atoms with Crippen molar-refractivity contribution < 1.29 is 19.1 Å². The SMILES string of the molecule is CCCCc1cc(NC(=O)Nc2ccc(Oc3ccnc(NC(=O)COC)c3)c3ccccc23)n(-c2cccs2)n1. The van der Waals surface area contributed by atoms with Crippen LogP contribution in [0.25, 0.3) is 15.8 Å². The molecule has 0 radical (unpaired) electrons. The Balaban J connectivity index is 1.35. The number of thiophene rings is 1. The van der Waals surface area contributed by atoms with Crippen molar-refractivity contribution in [1.29, 1.82) is 0 Å². The zero-order valence-electron chi connectivity index (χ0n) is 22.7. The Kier molecular flexibility index (Phi) is 8.87. The number of benzene rings is 2. The highest BCUT2D eigenvalue weighted by atomic mass is 32.1. The van der Waals surface area contributed by atoms with Crippen molar-refractivity contribution in [2.24, 2.45) is 0 Å². The van der Waals surface area contributed by atoms with E-state index in [-0.39, 0.29) is 18.5 Å². The number of carbonyl (C=O) groups excluding carboxylic acids is 2. The van der Waals surface area contributed by atoms with E-state index in [1.165, 1.54) is 7.11 Å². The second-order valence-corrected chi connectivity index (χ2v) is 10.1. The van der Waals surface area contributed by atoms with Crippen molar-refractivity contribution in [3.63, 3.8) is 0 Å². The maximum Gasteiger partial charge on any atom is 0.324 e. The highest BCUT2D eigenvalue weighted by Crippen LogP contribution is 2.35. The van der Waals surface area contributed by atoms with E-state index in [4.69, 9.17) is 14.6 Å². The number of fused-ring (bicyclic) bond motifs is 1. The van der Waals surface area contributed by atoms with Crippen molar-refractivity contribution in [2.45, 2.75) is 26.2 Å². The number of rotatable bonds is 11. The minimum absolute atomic E-state index is 0.0736. The minimum atomic E-state index is -0.380. The highest BCUT2D eigenvalue weighted by molar-refractivity contribution is 7.12. The first-order valence-electron chi connectivity index (χ1n) is 13.2. The number of aryl methyl sites for hydroxylation is 1. The van der Waals surface area contributed by atoms with Crippen LogP contribution in [0.3, 0.4) is 0 Å². The first-order chi connectivity index (χ1) is 20.0. The monoisotopic (exact) mass is 570 g/mol. The molecule has 41 heavy (non-hydrogen) atoms. The predicted octanol–water partition coefficient (Wildman–Crippen LogP) is 6.85. The summed E-state index contributed by atoms with van der Waals surface area (Å²) in [5.41, 5.74) is 1.56. The molecule has 0 unspecified atom stereocenters. The van der Waals surface area contributed by atoms with Gasteiger partial charge in [0.1, 0.15) is 34.7 Å². The van der Waals surface area contributed by atoms with Gasteiger partial charge < -0.3 is 20.1 Å². The second kappa shape index (κ2) is 13.1. The first-order valence-corrected chi connectivity index (χ1v) is 14.1. The van der Waals surface area contributed by atoms with Gasteiger partial charge in [0.25, 0.3) is 5.91 Å². The van der Waals surface area contributed by atoms with Crippen molar-refractivity contribution in [3.8, 4) is 16.5 Å². The Morgan fingerprint density at radius 1 is 0.976 bits per heavy atom. The topological polar surface area (TPSA) is 119 Å². The lowest BCUT2D eigenvalue weighted by atomic mass is 10.1. The molecule has 3 amide bonds. The number of ether oxygens (including phenoxy) is 2. The van der Waals surface area contributed by atoms with Crippen LogP contribution in [0.15, 0.2) is 78.3 Å². The number of hydrogen-bond acceptors (Lipinski definition) is 7. The van der Waals surface area contributed by atoms with E-state index >= 15 is 0 Å². The summed E-state index contributed by atoms with van der Waals surface area (Å²) in [6.07, 6.45) is 4.48. The molecule has 3 heterocycles. The second-order valence-electron chi connectivity index (χ2n) is 9.18. The van der Waals surface area contributed by atoms with Gasteiger partial charge in [-0.15, -0.1) is 11.3 Å². The van der Waals surface area contributed by atoms with Crippen molar-refractivity contribution >= 4 is 51.4 Å². The number of aromatic nitrogens is 3. The largest absolute Gasteiger partial charge is 0.457 e. The molecule has 5 rings (SSSR count). The third-order valence-electron chi connectivity index (χ3n) is 6.14. The number of carbonyl (C=O) groups is 2. The number of nitrogens with one attached hydrogen (secondary N) is 3. The van der Waals surface area contributed by atoms with E-state index in [0.29, 0.717) is 28.8 Å². The van der Waals surface area contributed by atoms with E-state index in [2.05, 4.69) is 27.9 Å². The van der Waals surface area contributed by atoms with E-state index < -0.39 is 0 Å². The first kappa shape index (κ1) is 27.8. The average Bonchev–Trinajstić information content (AvgIpc) is 3.64. The Morgan fingerprint density at radius 3 is 2.61 bits per heavy atom. The lowest BCUT2D eigenvalue weighted by molar-refractivity contribution is -0.119. The van der Waals surface area contributed by atoms with Crippen LogP contribution in [0.4, 0.5) is 22.1 Å². The summed E-state index contributed by atoms with van der Waals surface area (Å²) in [6, 6.07) is 20.0. The molecular formula is C30H30N6O4S. The van der Waals surface area contributed by atoms with Gasteiger partial charge in [0.05, 0.1) is 11.4 Å². The molecule has 0 fully saturated rings. The van der Waals surface area contributed by atoms with Gasteiger partial charge >= 0.3 is 6.03 Å². The van der Waals surface area contributed by atoms with Crippen LogP contribution in [0.1, 0.15) is 25.5 Å². The van der Waals surface area contributed by atoms with Crippen LogP contribution >= 0.6 is 11.3 Å². The molecule has 2 aromatic carbocycles. The van der Waals surface area contributed by atoms with Crippen LogP contribution in [-0.4, -0.2) is 40.4 Å². The standard InChI is InChI=1S/C30H30N6O4S/c1-3-4-8-20-17-27(36(35-20)29-11-7-16-41-29)34-30(38)32-24-12-13-25(23-10-6-5-9-22(23)24)40-21-14-15-31-26(18-21)33-28(37)19-39-2/h5-7,9-18H,3-4,8,19H2,1-2H3,(H,31,33,37)(H2,32,34,38). The molecule has 10 nitrogen and oxygen atoms in total. The maximum absolute atomic E-state index is 13.2. The fraction of sp³-hybridized carbons (Fsp3) is 0.200. The Morgan fingerprint density at radius 2 is 1.83 bits per heavy atom. The molecule has 0 aliphatic rings. The van der Waals surface area contributed by atoms with E-state index in [9.17, 15) is 9.59 Å². The summed E-state index contributed by atoms with van der Waals surface area (Å²) < 4.78 is 12.8. The summed E-state index contributed by atoms with van der Waals surface area (Å²) in [7, 11) is 1.45. The molecule has 0 atom stereocenters. The van der Waals surface area contributed by atoms with Gasteiger partial charge in [-0.3, -0.25) is 10.1 Å². The number of anilines is 3. The van der Waals surface area contributed by atoms with Crippen molar-refractivity contribution in [1.82, 2.24) is 14.8 Å². The molecule has 3 aromatic heterocycles. The third kappa shape index (κ3) is 6.89. The molecule has 5 aromatic rings. The summed E-state index contributed by atoms with van der Waals surface area (Å²) in [4.78, 5) is 29.2. The van der Waals surface area contributed by atoms with Gasteiger partial charge in [-0.1, -0.05) is 37.6 Å². The van der Waals surface area contributed by atoms with Gasteiger partial charge in [-0.25, -0.2) is 14.5 Å². The molecular weight excluding hydrogens is 540 g/mol. The van der Waals surface area contributed by atoms with E-state index in [1.807, 2.05) is 47.8 Å². The number of pyridine rings is 1. The van der Waals surface area contributed by atoms with Gasteiger partial charge in [-0.05, 0) is 48.6 Å². The van der Waals surface area contributed by atoms with E-state index in [0.717, 1.165) is 40.7 Å². The van der Waals surface area contributed by atoms with Crippen LogP contribution in [0.2, 0.25) is 0 Å². The third-order valence-corrected chi connectivity index (χ3v) is 6.98. The molecule has 0 aliphatic carbocycles. The van der Waals surface area contributed by atoms with Crippen LogP contribution in [0.5, 0.6) is 11.5 Å². The van der Waals surface area contributed by atoms with Gasteiger partial charge in [-0.2, -0.15) is 5.10 Å². The van der Waals surface area contributed by atoms with Gasteiger partial charge in [0, 0.05) is 36.2 Å². The molecule has 0 saturated heterocycles. The fourth-order valence-corrected chi connectivity index (χ4v) is 4.97. The summed E-state index contributed by atoms with van der Waals surface area (Å²) in [5.74, 6) is 1.72. The number of methoxy groups -OCH3 is 1. The normalized spacial score (nSPS) is 10.9. The molecule has 11 heteroatoms. The summed E-state index contributed by atoms with van der Waals surface area (Å²) >= 11 is 1.55. The molecule has 210 valence electrons. The van der Waals surface area contributed by atoms with Crippen LogP contribution in [-0.2, 0) is 16.0 Å². The average molecular weight is 571 g/mol. The van der Waals surface area contributed by atoms with Crippen LogP contribution in [0, 0.1) is 0 Å². The zero-order valence-corrected chi connectivity index (χ0v) is 23.5. The quantitative estimate of drug-likeness (QED) is 0.160. The summed E-state index contributed by atoms with van der Waals surface area (Å²) in [6.45, 7) is 2.07. The van der Waals surface area contributed by atoms with E-state index in [1.54, 1.807) is 46.5 Å². The molecule has 0 spiro atoms. The number of hydrogen-bond donors (Lipinski definition) is 3. The van der Waals surface area contributed by atoms with Crippen LogP contribution < -0.4 is 20.7 Å². The number of unbranched alkanes of at least 4 members (excludes halogenated alkanes) is 1. The van der Waals surface area contributed by atoms with Gasteiger partial charge in [0.2, 0.25) is 0 Å². The smallest absolute Gasteiger partial charge is 0.324 e. The fourth-order valence-electron chi connectivity index (χ4n) is 4.28. The van der Waals surface area contributed by atoms with Gasteiger partial charge in [0.15, 0.2) is 0 Å². The lowest BCUT2D eigenvalue weighted by Crippen LogP contribution is -2.21. The lowest BCUT2D eigenvalue weighted by Gasteiger charge is -2.14. The molecule has 0 bridgehead atoms. The zero-order chi connectivity index (χ0) is 28.6. The minimum Gasteiger partial charge on any atom is -0.457 e. The Labute approximate surface area is 241 Å². The predicted molar refractivity (Wildman–Crippen MR) is 161 cm³/mol. The number of amides is 3. The maximum atomic E-state index is 13.2. The Hall–Kier alpha value is -4.74. The van der Waals surface area contributed by atoms with Crippen molar-refractivity contribution in [2.75, 3.05) is 29.7 Å². The molecule has 0 saturated carbocycles. The van der Waals surface area contributed by atoms with Crippen molar-refractivity contribution in [3.05, 3.63) is 84.0 Å².